The van der Waals surface area contributed by atoms with Crippen LogP contribution in [0.25, 0.3) is 11.3 Å². The molecule has 3 aromatic rings. The highest BCUT2D eigenvalue weighted by molar-refractivity contribution is 5.94. The summed E-state index contributed by atoms with van der Waals surface area (Å²) >= 11 is 0. The van der Waals surface area contributed by atoms with Crippen molar-refractivity contribution in [3.8, 4) is 11.3 Å². The predicted octanol–water partition coefficient (Wildman–Crippen LogP) is 5.28. The van der Waals surface area contributed by atoms with Crippen LogP contribution >= 0.6 is 0 Å². The van der Waals surface area contributed by atoms with Gasteiger partial charge in [0.25, 0.3) is 5.91 Å². The van der Waals surface area contributed by atoms with Crippen LogP contribution in [-0.2, 0) is 13.0 Å². The summed E-state index contributed by atoms with van der Waals surface area (Å²) in [6.07, 6.45) is 1.57. The van der Waals surface area contributed by atoms with Gasteiger partial charge in [0.15, 0.2) is 0 Å². The molecule has 0 spiro atoms. The van der Waals surface area contributed by atoms with Crippen LogP contribution in [0.3, 0.4) is 0 Å². The molecule has 0 aliphatic carbocycles. The van der Waals surface area contributed by atoms with Crippen molar-refractivity contribution in [2.45, 2.75) is 46.2 Å². The average molecular weight is 420 g/mol. The zero-order valence-electron chi connectivity index (χ0n) is 19.0. The molecule has 0 aliphatic heterocycles. The molecule has 5 heteroatoms. The van der Waals surface area contributed by atoms with Crippen LogP contribution < -0.4 is 0 Å². The van der Waals surface area contributed by atoms with E-state index in [0.717, 1.165) is 48.5 Å². The molecule has 0 saturated heterocycles. The third-order valence-electron chi connectivity index (χ3n) is 5.61. The summed E-state index contributed by atoms with van der Waals surface area (Å²) < 4.78 is 5.46. The van der Waals surface area contributed by atoms with Crippen LogP contribution in [0.2, 0.25) is 0 Å². The molecule has 164 valence electrons. The number of aryl methyl sites for hydroxylation is 1. The van der Waals surface area contributed by atoms with Crippen LogP contribution in [0.5, 0.6) is 0 Å². The zero-order valence-corrected chi connectivity index (χ0v) is 19.0. The van der Waals surface area contributed by atoms with Crippen LogP contribution in [0.15, 0.2) is 65.2 Å². The third-order valence-corrected chi connectivity index (χ3v) is 5.61. The lowest BCUT2D eigenvalue weighted by Crippen LogP contribution is -2.30. The first-order valence-electron chi connectivity index (χ1n) is 11.1. The maximum Gasteiger partial charge on any atom is 0.253 e. The van der Waals surface area contributed by atoms with Crippen molar-refractivity contribution >= 4 is 5.91 Å². The van der Waals surface area contributed by atoms with Gasteiger partial charge in [0.05, 0.1) is 0 Å². The Hall–Kier alpha value is -2.92. The standard InChI is InChI=1S/C26H33N3O2/c1-5-29(20(2)3)19-21-13-15-23(16-14-21)26(30)28(4)17-9-12-24-18-25(27-31-24)22-10-7-6-8-11-22/h6-8,10-11,13-16,18,20H,5,9,12,17,19H2,1-4H3. The molecule has 3 rings (SSSR count). The van der Waals surface area contributed by atoms with Gasteiger partial charge in [0, 0.05) is 49.8 Å². The summed E-state index contributed by atoms with van der Waals surface area (Å²) in [4.78, 5) is 16.9. The van der Waals surface area contributed by atoms with Gasteiger partial charge < -0.3 is 9.42 Å². The van der Waals surface area contributed by atoms with Crippen LogP contribution in [0.4, 0.5) is 0 Å². The van der Waals surface area contributed by atoms with Crippen molar-refractivity contribution in [3.05, 3.63) is 77.6 Å². The Balaban J connectivity index is 1.49. The monoisotopic (exact) mass is 419 g/mol. The molecule has 0 radical (unpaired) electrons. The first kappa shape index (κ1) is 22.8. The molecule has 0 aliphatic rings. The largest absolute Gasteiger partial charge is 0.361 e. The molecule has 0 unspecified atom stereocenters. The quantitative estimate of drug-likeness (QED) is 0.449. The van der Waals surface area contributed by atoms with E-state index in [1.807, 2.05) is 55.6 Å². The second-order valence-electron chi connectivity index (χ2n) is 8.23. The fourth-order valence-electron chi connectivity index (χ4n) is 3.63. The Morgan fingerprint density at radius 3 is 2.42 bits per heavy atom. The van der Waals surface area contributed by atoms with Crippen molar-refractivity contribution in [2.24, 2.45) is 0 Å². The zero-order chi connectivity index (χ0) is 22.2. The molecular weight excluding hydrogens is 386 g/mol. The van der Waals surface area contributed by atoms with E-state index in [0.29, 0.717) is 12.6 Å². The summed E-state index contributed by atoms with van der Waals surface area (Å²) in [5, 5.41) is 4.15. The summed E-state index contributed by atoms with van der Waals surface area (Å²) in [7, 11) is 1.85. The molecule has 0 N–H and O–H groups in total. The molecule has 31 heavy (non-hydrogen) atoms. The molecule has 1 amide bonds. The van der Waals surface area contributed by atoms with Gasteiger partial charge in [-0.2, -0.15) is 0 Å². The lowest BCUT2D eigenvalue weighted by atomic mass is 10.1. The minimum Gasteiger partial charge on any atom is -0.361 e. The van der Waals surface area contributed by atoms with Crippen LogP contribution in [0.1, 0.15) is 48.9 Å². The summed E-state index contributed by atoms with van der Waals surface area (Å²) in [6, 6.07) is 20.5. The predicted molar refractivity (Wildman–Crippen MR) is 125 cm³/mol. The molecule has 0 atom stereocenters. The molecule has 0 saturated carbocycles. The average Bonchev–Trinajstić information content (AvgIpc) is 3.26. The summed E-state index contributed by atoms with van der Waals surface area (Å²) in [5.74, 6) is 0.889. The fraction of sp³-hybridized carbons (Fsp3) is 0.385. The molecule has 2 aromatic carbocycles. The van der Waals surface area contributed by atoms with Crippen molar-refractivity contribution in [2.75, 3.05) is 20.1 Å². The Kier molecular flexibility index (Phi) is 8.01. The number of amides is 1. The van der Waals surface area contributed by atoms with Gasteiger partial charge in [-0.3, -0.25) is 9.69 Å². The van der Waals surface area contributed by atoms with Gasteiger partial charge in [0.1, 0.15) is 11.5 Å². The van der Waals surface area contributed by atoms with Crippen LogP contribution in [-0.4, -0.2) is 47.0 Å². The van der Waals surface area contributed by atoms with Crippen molar-refractivity contribution < 1.29 is 9.32 Å². The minimum absolute atomic E-state index is 0.0466. The van der Waals surface area contributed by atoms with E-state index in [9.17, 15) is 4.79 Å². The van der Waals surface area contributed by atoms with Crippen molar-refractivity contribution in [3.63, 3.8) is 0 Å². The van der Waals surface area contributed by atoms with Gasteiger partial charge in [-0.15, -0.1) is 0 Å². The number of hydrogen-bond donors (Lipinski definition) is 0. The van der Waals surface area contributed by atoms with Gasteiger partial charge in [-0.1, -0.05) is 54.5 Å². The van der Waals surface area contributed by atoms with E-state index in [4.69, 9.17) is 4.52 Å². The van der Waals surface area contributed by atoms with E-state index in [1.165, 1.54) is 5.56 Å². The van der Waals surface area contributed by atoms with Gasteiger partial charge in [-0.25, -0.2) is 0 Å². The number of rotatable bonds is 10. The fourth-order valence-corrected chi connectivity index (χ4v) is 3.63. The Morgan fingerprint density at radius 1 is 1.06 bits per heavy atom. The molecule has 5 nitrogen and oxygen atoms in total. The number of nitrogens with zero attached hydrogens (tertiary/aromatic N) is 3. The highest BCUT2D eigenvalue weighted by Gasteiger charge is 2.13. The van der Waals surface area contributed by atoms with E-state index in [-0.39, 0.29) is 5.91 Å². The normalized spacial score (nSPS) is 11.3. The number of carbonyl (C=O) groups excluding carboxylic acids is 1. The summed E-state index contributed by atoms with van der Waals surface area (Å²) in [5.41, 5.74) is 3.85. The van der Waals surface area contributed by atoms with Gasteiger partial charge >= 0.3 is 0 Å². The topological polar surface area (TPSA) is 49.6 Å². The molecule has 0 fully saturated rings. The van der Waals surface area contributed by atoms with Crippen LogP contribution in [0, 0.1) is 0 Å². The Labute approximate surface area is 185 Å². The number of carbonyl (C=O) groups is 1. The Morgan fingerprint density at radius 2 is 1.77 bits per heavy atom. The molecule has 1 heterocycles. The maximum absolute atomic E-state index is 12.8. The maximum atomic E-state index is 12.8. The number of hydrogen-bond acceptors (Lipinski definition) is 4. The second-order valence-corrected chi connectivity index (χ2v) is 8.23. The lowest BCUT2D eigenvalue weighted by molar-refractivity contribution is 0.0792. The van der Waals surface area contributed by atoms with Crippen molar-refractivity contribution in [1.29, 1.82) is 0 Å². The molecule has 0 bridgehead atoms. The highest BCUT2D eigenvalue weighted by atomic mass is 16.5. The van der Waals surface area contributed by atoms with Gasteiger partial charge in [0.2, 0.25) is 0 Å². The first-order chi connectivity index (χ1) is 15.0. The SMILES string of the molecule is CCN(Cc1ccc(C(=O)N(C)CCCc2cc(-c3ccccc3)no2)cc1)C(C)C. The number of benzene rings is 2. The van der Waals surface area contributed by atoms with E-state index in [2.05, 4.69) is 43.0 Å². The number of aromatic nitrogens is 1. The van der Waals surface area contributed by atoms with E-state index in [1.54, 1.807) is 4.90 Å². The second kappa shape index (κ2) is 10.9. The van der Waals surface area contributed by atoms with E-state index >= 15 is 0 Å². The molecule has 1 aromatic heterocycles. The summed E-state index contributed by atoms with van der Waals surface area (Å²) in [6.45, 7) is 9.17. The Bertz CT molecular complexity index is 948. The minimum atomic E-state index is 0.0466. The lowest BCUT2D eigenvalue weighted by Gasteiger charge is -2.25. The van der Waals surface area contributed by atoms with E-state index < -0.39 is 0 Å². The highest BCUT2D eigenvalue weighted by Crippen LogP contribution is 2.19. The third kappa shape index (κ3) is 6.28. The van der Waals surface area contributed by atoms with Crippen molar-refractivity contribution in [1.82, 2.24) is 15.0 Å². The molecular formula is C26H33N3O2. The smallest absolute Gasteiger partial charge is 0.253 e. The first-order valence-corrected chi connectivity index (χ1v) is 11.1. The van der Waals surface area contributed by atoms with Gasteiger partial charge in [-0.05, 0) is 44.5 Å².